The molecule has 2 nitrogen and oxygen atoms in total. The average Bonchev–Trinajstić information content (AvgIpc) is 2.29. The van der Waals surface area contributed by atoms with Crippen molar-refractivity contribution in [2.45, 2.75) is 4.90 Å². The fourth-order valence-electron chi connectivity index (χ4n) is 1.55. The van der Waals surface area contributed by atoms with Crippen molar-refractivity contribution in [2.75, 3.05) is 0 Å². The predicted octanol–water partition coefficient (Wildman–Crippen LogP) is 3.93. The highest BCUT2D eigenvalue weighted by atomic mass is 35.7. The van der Waals surface area contributed by atoms with Crippen LogP contribution >= 0.6 is 22.3 Å². The normalized spacial score (nSPS) is 11.4. The van der Waals surface area contributed by atoms with E-state index in [0.717, 1.165) is 5.56 Å². The van der Waals surface area contributed by atoms with Crippen LogP contribution in [-0.2, 0) is 9.05 Å². The van der Waals surface area contributed by atoms with E-state index in [0.29, 0.717) is 10.6 Å². The summed E-state index contributed by atoms with van der Waals surface area (Å²) < 4.78 is 22.9. The fourth-order valence-corrected chi connectivity index (χ4v) is 2.77. The molecule has 2 aromatic rings. The van der Waals surface area contributed by atoms with E-state index in [-0.39, 0.29) is 4.90 Å². The van der Waals surface area contributed by atoms with Gasteiger partial charge < -0.3 is 0 Å². The summed E-state index contributed by atoms with van der Waals surface area (Å²) in [6, 6.07) is 13.5. The quantitative estimate of drug-likeness (QED) is 0.784. The lowest BCUT2D eigenvalue weighted by Crippen LogP contribution is -1.94. The third-order valence-corrected chi connectivity index (χ3v) is 3.94. The molecule has 0 amide bonds. The molecule has 5 heteroatoms. The van der Waals surface area contributed by atoms with Gasteiger partial charge in [-0.2, -0.15) is 0 Å². The second-order valence-electron chi connectivity index (χ2n) is 3.44. The van der Waals surface area contributed by atoms with E-state index in [4.69, 9.17) is 22.3 Å². The maximum Gasteiger partial charge on any atom is 0.261 e. The van der Waals surface area contributed by atoms with Gasteiger partial charge in [0, 0.05) is 21.3 Å². The molecule has 2 aromatic carbocycles. The maximum absolute atomic E-state index is 11.4. The zero-order valence-electron chi connectivity index (χ0n) is 8.60. The minimum atomic E-state index is -3.75. The summed E-state index contributed by atoms with van der Waals surface area (Å²) >= 11 is 5.78. The minimum Gasteiger partial charge on any atom is -0.207 e. The van der Waals surface area contributed by atoms with E-state index in [1.54, 1.807) is 42.5 Å². The van der Waals surface area contributed by atoms with E-state index in [1.165, 1.54) is 6.07 Å². The molecule has 0 spiro atoms. The summed E-state index contributed by atoms with van der Waals surface area (Å²) in [4.78, 5) is 0.101. The van der Waals surface area contributed by atoms with Gasteiger partial charge in [-0.25, -0.2) is 8.42 Å². The summed E-state index contributed by atoms with van der Waals surface area (Å²) in [5, 5.41) is 0.597. The van der Waals surface area contributed by atoms with Crippen molar-refractivity contribution in [3.05, 3.63) is 53.6 Å². The van der Waals surface area contributed by atoms with Crippen LogP contribution in [0, 0.1) is 0 Å². The standard InChI is InChI=1S/C12H8Cl2O2S/c13-10-7-5-9(6-8-10)11-3-1-2-4-12(11)17(14,15)16/h1-8H. The molecular formula is C12H8Cl2O2S. The molecule has 0 heterocycles. The van der Waals surface area contributed by atoms with Gasteiger partial charge in [-0.3, -0.25) is 0 Å². The van der Waals surface area contributed by atoms with Crippen molar-refractivity contribution < 1.29 is 8.42 Å². The lowest BCUT2D eigenvalue weighted by Gasteiger charge is -2.06. The van der Waals surface area contributed by atoms with Crippen LogP contribution in [0.15, 0.2) is 53.4 Å². The number of rotatable bonds is 2. The second-order valence-corrected chi connectivity index (χ2v) is 6.41. The zero-order chi connectivity index (χ0) is 12.5. The molecular weight excluding hydrogens is 279 g/mol. The average molecular weight is 287 g/mol. The lowest BCUT2D eigenvalue weighted by atomic mass is 10.1. The summed E-state index contributed by atoms with van der Waals surface area (Å²) in [7, 11) is 1.64. The smallest absolute Gasteiger partial charge is 0.207 e. The van der Waals surface area contributed by atoms with Gasteiger partial charge in [0.25, 0.3) is 9.05 Å². The molecule has 0 aliphatic carbocycles. The third kappa shape index (κ3) is 2.80. The topological polar surface area (TPSA) is 34.1 Å². The van der Waals surface area contributed by atoms with Gasteiger partial charge in [-0.05, 0) is 23.8 Å². The van der Waals surface area contributed by atoms with Crippen molar-refractivity contribution in [3.8, 4) is 11.1 Å². The third-order valence-electron chi connectivity index (χ3n) is 2.30. The molecule has 2 rings (SSSR count). The Morgan fingerprint density at radius 3 is 2.06 bits per heavy atom. The number of hydrogen-bond acceptors (Lipinski definition) is 2. The summed E-state index contributed by atoms with van der Waals surface area (Å²) in [5.74, 6) is 0. The first kappa shape index (κ1) is 12.4. The fraction of sp³-hybridized carbons (Fsp3) is 0. The van der Waals surface area contributed by atoms with Crippen LogP contribution in [0.4, 0.5) is 0 Å². The molecule has 17 heavy (non-hydrogen) atoms. The SMILES string of the molecule is O=S(=O)(Cl)c1ccccc1-c1ccc(Cl)cc1. The summed E-state index contributed by atoms with van der Waals surface area (Å²) in [6.45, 7) is 0. The van der Waals surface area contributed by atoms with Crippen molar-refractivity contribution in [1.82, 2.24) is 0 Å². The molecule has 0 unspecified atom stereocenters. The van der Waals surface area contributed by atoms with Crippen LogP contribution in [0.25, 0.3) is 11.1 Å². The van der Waals surface area contributed by atoms with Crippen molar-refractivity contribution in [3.63, 3.8) is 0 Å². The van der Waals surface area contributed by atoms with Crippen LogP contribution in [-0.4, -0.2) is 8.42 Å². The van der Waals surface area contributed by atoms with E-state index >= 15 is 0 Å². The lowest BCUT2D eigenvalue weighted by molar-refractivity contribution is 0.610. The zero-order valence-corrected chi connectivity index (χ0v) is 10.9. The van der Waals surface area contributed by atoms with E-state index in [1.807, 2.05) is 0 Å². The van der Waals surface area contributed by atoms with Gasteiger partial charge in [0.2, 0.25) is 0 Å². The molecule has 0 saturated carbocycles. The number of benzene rings is 2. The van der Waals surface area contributed by atoms with Crippen LogP contribution in [0.3, 0.4) is 0 Å². The van der Waals surface area contributed by atoms with Crippen LogP contribution < -0.4 is 0 Å². The Hall–Kier alpha value is -1.03. The highest BCUT2D eigenvalue weighted by Gasteiger charge is 2.15. The molecule has 0 aliphatic heterocycles. The minimum absolute atomic E-state index is 0.101. The molecule has 0 fully saturated rings. The maximum atomic E-state index is 11.4. The highest BCUT2D eigenvalue weighted by molar-refractivity contribution is 8.13. The second kappa shape index (κ2) is 4.69. The predicted molar refractivity (Wildman–Crippen MR) is 69.9 cm³/mol. The Balaban J connectivity index is 2.64. The molecule has 0 atom stereocenters. The van der Waals surface area contributed by atoms with Gasteiger partial charge in [0.15, 0.2) is 0 Å². The van der Waals surface area contributed by atoms with Gasteiger partial charge in [-0.1, -0.05) is 41.9 Å². The van der Waals surface area contributed by atoms with Crippen LogP contribution in [0.2, 0.25) is 5.02 Å². The van der Waals surface area contributed by atoms with Crippen LogP contribution in [0.1, 0.15) is 0 Å². The van der Waals surface area contributed by atoms with Gasteiger partial charge in [0.1, 0.15) is 0 Å². The first-order chi connectivity index (χ1) is 7.98. The summed E-state index contributed by atoms with van der Waals surface area (Å²) in [6.07, 6.45) is 0. The van der Waals surface area contributed by atoms with Gasteiger partial charge >= 0.3 is 0 Å². The first-order valence-corrected chi connectivity index (χ1v) is 7.47. The molecule has 0 N–H and O–H groups in total. The monoisotopic (exact) mass is 286 g/mol. The van der Waals surface area contributed by atoms with E-state index in [2.05, 4.69) is 0 Å². The highest BCUT2D eigenvalue weighted by Crippen LogP contribution is 2.29. The van der Waals surface area contributed by atoms with Crippen LogP contribution in [0.5, 0.6) is 0 Å². The molecule has 88 valence electrons. The van der Waals surface area contributed by atoms with E-state index < -0.39 is 9.05 Å². The molecule has 0 aromatic heterocycles. The van der Waals surface area contributed by atoms with Gasteiger partial charge in [-0.15, -0.1) is 0 Å². The van der Waals surface area contributed by atoms with Gasteiger partial charge in [0.05, 0.1) is 4.90 Å². The van der Waals surface area contributed by atoms with Crippen molar-refractivity contribution >= 4 is 31.3 Å². The Kier molecular flexibility index (Phi) is 3.43. The number of halogens is 2. The Morgan fingerprint density at radius 2 is 1.47 bits per heavy atom. The van der Waals surface area contributed by atoms with E-state index in [9.17, 15) is 8.42 Å². The largest absolute Gasteiger partial charge is 0.261 e. The summed E-state index contributed by atoms with van der Waals surface area (Å²) in [5.41, 5.74) is 1.33. The Morgan fingerprint density at radius 1 is 0.882 bits per heavy atom. The number of hydrogen-bond donors (Lipinski definition) is 0. The molecule has 0 radical (unpaired) electrons. The first-order valence-electron chi connectivity index (χ1n) is 4.78. The van der Waals surface area contributed by atoms with Crippen molar-refractivity contribution in [2.24, 2.45) is 0 Å². The molecule has 0 saturated heterocycles. The Bertz CT molecular complexity index is 634. The molecule has 0 aliphatic rings. The Labute approximate surface area is 109 Å². The molecule has 0 bridgehead atoms. The van der Waals surface area contributed by atoms with Crippen molar-refractivity contribution in [1.29, 1.82) is 0 Å².